The van der Waals surface area contributed by atoms with Gasteiger partial charge in [0.1, 0.15) is 11.6 Å². The van der Waals surface area contributed by atoms with Gasteiger partial charge >= 0.3 is 0 Å². The molecule has 0 saturated heterocycles. The van der Waals surface area contributed by atoms with Crippen LogP contribution in [0.2, 0.25) is 0 Å². The first-order valence-electron chi connectivity index (χ1n) is 6.03. The predicted octanol–water partition coefficient (Wildman–Crippen LogP) is 4.60. The summed E-state index contributed by atoms with van der Waals surface area (Å²) in [7, 11) is 0. The maximum absolute atomic E-state index is 12.1. The van der Waals surface area contributed by atoms with Gasteiger partial charge in [-0.15, -0.1) is 0 Å². The molecule has 0 atom stereocenters. The van der Waals surface area contributed by atoms with Crippen molar-refractivity contribution in [2.45, 2.75) is 0 Å². The van der Waals surface area contributed by atoms with Gasteiger partial charge in [-0.2, -0.15) is 5.26 Å². The fraction of sp³-hybridized carbons (Fsp3) is 0. The summed E-state index contributed by atoms with van der Waals surface area (Å²) < 4.78 is 2.03. The molecule has 0 bridgehead atoms. The Morgan fingerprint density at radius 3 is 2.33 bits per heavy atom. The second-order valence-electron chi connectivity index (χ2n) is 4.18. The molecule has 0 unspecified atom stereocenters. The standard InChI is InChI=1S/C16H10BrIN2O/c17-13-3-1-11(2-4-13)9-12(10-19)16(21)20-15-7-5-14(18)6-8-15/h1-9H,(H,20,21)/b12-9-. The van der Waals surface area contributed by atoms with Crippen LogP contribution < -0.4 is 5.32 Å². The third-order valence-electron chi connectivity index (χ3n) is 2.65. The average molecular weight is 453 g/mol. The summed E-state index contributed by atoms with van der Waals surface area (Å²) in [6, 6.07) is 16.7. The van der Waals surface area contributed by atoms with Gasteiger partial charge in [0, 0.05) is 13.7 Å². The van der Waals surface area contributed by atoms with Crippen molar-refractivity contribution < 1.29 is 4.79 Å². The minimum Gasteiger partial charge on any atom is -0.321 e. The van der Waals surface area contributed by atoms with E-state index in [0.717, 1.165) is 13.6 Å². The highest BCUT2D eigenvalue weighted by atomic mass is 127. The lowest BCUT2D eigenvalue weighted by Crippen LogP contribution is -2.13. The third-order valence-corrected chi connectivity index (χ3v) is 3.90. The first-order chi connectivity index (χ1) is 10.1. The van der Waals surface area contributed by atoms with Gasteiger partial charge in [0.25, 0.3) is 5.91 Å². The minimum atomic E-state index is -0.415. The Labute approximate surface area is 144 Å². The van der Waals surface area contributed by atoms with Gasteiger partial charge in [-0.1, -0.05) is 28.1 Å². The minimum absolute atomic E-state index is 0.0656. The average Bonchev–Trinajstić information content (AvgIpc) is 2.49. The van der Waals surface area contributed by atoms with E-state index >= 15 is 0 Å². The van der Waals surface area contributed by atoms with Crippen molar-refractivity contribution in [2.24, 2.45) is 0 Å². The number of benzene rings is 2. The molecule has 3 nitrogen and oxygen atoms in total. The molecule has 0 aliphatic rings. The number of amides is 1. The van der Waals surface area contributed by atoms with Crippen LogP contribution in [-0.4, -0.2) is 5.91 Å². The van der Waals surface area contributed by atoms with Crippen LogP contribution in [-0.2, 0) is 4.79 Å². The van der Waals surface area contributed by atoms with Crippen LogP contribution >= 0.6 is 38.5 Å². The Bertz CT molecular complexity index is 715. The lowest BCUT2D eigenvalue weighted by molar-refractivity contribution is -0.112. The summed E-state index contributed by atoms with van der Waals surface area (Å²) in [4.78, 5) is 12.1. The predicted molar refractivity (Wildman–Crippen MR) is 95.5 cm³/mol. The number of nitrogens with zero attached hydrogens (tertiary/aromatic N) is 1. The molecule has 0 fully saturated rings. The van der Waals surface area contributed by atoms with Crippen LogP contribution in [0.5, 0.6) is 0 Å². The molecule has 104 valence electrons. The van der Waals surface area contributed by atoms with Crippen LogP contribution in [0.3, 0.4) is 0 Å². The molecule has 2 aromatic rings. The molecule has 5 heteroatoms. The molecule has 1 N–H and O–H groups in total. The van der Waals surface area contributed by atoms with E-state index in [0.29, 0.717) is 5.69 Å². The molecule has 0 saturated carbocycles. The summed E-state index contributed by atoms with van der Waals surface area (Å²) in [6.45, 7) is 0. The van der Waals surface area contributed by atoms with Crippen molar-refractivity contribution in [2.75, 3.05) is 5.32 Å². The highest BCUT2D eigenvalue weighted by Crippen LogP contribution is 2.15. The Balaban J connectivity index is 2.17. The first-order valence-corrected chi connectivity index (χ1v) is 7.90. The van der Waals surface area contributed by atoms with Gasteiger partial charge in [-0.3, -0.25) is 4.79 Å². The Kier molecular flexibility index (Phi) is 5.53. The second-order valence-corrected chi connectivity index (χ2v) is 6.34. The first kappa shape index (κ1) is 15.7. The Hall–Kier alpha value is -1.65. The molecule has 21 heavy (non-hydrogen) atoms. The maximum atomic E-state index is 12.1. The molecule has 0 heterocycles. The molecule has 0 aromatic heterocycles. The molecule has 0 aliphatic carbocycles. The second kappa shape index (κ2) is 7.38. The lowest BCUT2D eigenvalue weighted by atomic mass is 10.1. The number of carbonyl (C=O) groups is 1. The quantitative estimate of drug-likeness (QED) is 0.420. The molecule has 0 aliphatic heterocycles. The van der Waals surface area contributed by atoms with Gasteiger partial charge in [0.05, 0.1) is 0 Å². The molecule has 2 rings (SSSR count). The number of carbonyl (C=O) groups excluding carboxylic acids is 1. The fourth-order valence-electron chi connectivity index (χ4n) is 1.61. The summed E-state index contributed by atoms with van der Waals surface area (Å²) in [6.07, 6.45) is 1.56. The summed E-state index contributed by atoms with van der Waals surface area (Å²) >= 11 is 5.53. The highest BCUT2D eigenvalue weighted by Gasteiger charge is 2.09. The van der Waals surface area contributed by atoms with Gasteiger partial charge in [-0.25, -0.2) is 0 Å². The van der Waals surface area contributed by atoms with E-state index in [1.807, 2.05) is 42.5 Å². The van der Waals surface area contributed by atoms with Crippen LogP contribution in [0.4, 0.5) is 5.69 Å². The van der Waals surface area contributed by atoms with Crippen molar-refractivity contribution in [3.05, 3.63) is 67.7 Å². The van der Waals surface area contributed by atoms with E-state index in [1.165, 1.54) is 0 Å². The summed E-state index contributed by atoms with van der Waals surface area (Å²) in [5.74, 6) is -0.415. The van der Waals surface area contributed by atoms with Gasteiger partial charge in [0.2, 0.25) is 0 Å². The number of nitriles is 1. The molecular weight excluding hydrogens is 443 g/mol. The SMILES string of the molecule is N#C/C(=C/c1ccc(Br)cc1)C(=O)Nc1ccc(I)cc1. The van der Waals surface area contributed by atoms with E-state index < -0.39 is 5.91 Å². The zero-order valence-electron chi connectivity index (χ0n) is 10.8. The van der Waals surface area contributed by atoms with Crippen LogP contribution in [0.1, 0.15) is 5.56 Å². The van der Waals surface area contributed by atoms with Crippen molar-refractivity contribution in [3.8, 4) is 6.07 Å². The fourth-order valence-corrected chi connectivity index (χ4v) is 2.23. The lowest BCUT2D eigenvalue weighted by Gasteiger charge is -2.04. The van der Waals surface area contributed by atoms with Crippen molar-refractivity contribution >= 4 is 56.2 Å². The van der Waals surface area contributed by atoms with Crippen LogP contribution in [0.25, 0.3) is 6.08 Å². The van der Waals surface area contributed by atoms with Crippen LogP contribution in [0.15, 0.2) is 58.6 Å². The van der Waals surface area contributed by atoms with E-state index in [1.54, 1.807) is 18.2 Å². The molecule has 1 amide bonds. The monoisotopic (exact) mass is 452 g/mol. The molecule has 2 aromatic carbocycles. The number of hydrogen-bond acceptors (Lipinski definition) is 2. The van der Waals surface area contributed by atoms with Gasteiger partial charge in [0.15, 0.2) is 0 Å². The smallest absolute Gasteiger partial charge is 0.266 e. The van der Waals surface area contributed by atoms with Crippen molar-refractivity contribution in [3.63, 3.8) is 0 Å². The topological polar surface area (TPSA) is 52.9 Å². The zero-order chi connectivity index (χ0) is 15.2. The Morgan fingerprint density at radius 1 is 1.14 bits per heavy atom. The number of halogens is 2. The van der Waals surface area contributed by atoms with Crippen LogP contribution in [0, 0.1) is 14.9 Å². The Morgan fingerprint density at radius 2 is 1.76 bits per heavy atom. The summed E-state index contributed by atoms with van der Waals surface area (Å²) in [5.41, 5.74) is 1.53. The highest BCUT2D eigenvalue weighted by molar-refractivity contribution is 14.1. The van der Waals surface area contributed by atoms with Gasteiger partial charge in [-0.05, 0) is 70.6 Å². The zero-order valence-corrected chi connectivity index (χ0v) is 14.6. The normalized spacial score (nSPS) is 10.8. The van der Waals surface area contributed by atoms with Crippen molar-refractivity contribution in [1.82, 2.24) is 0 Å². The largest absolute Gasteiger partial charge is 0.321 e. The number of hydrogen-bond donors (Lipinski definition) is 1. The number of nitrogens with one attached hydrogen (secondary N) is 1. The molecule has 0 spiro atoms. The number of anilines is 1. The van der Waals surface area contributed by atoms with Crippen molar-refractivity contribution in [1.29, 1.82) is 5.26 Å². The van der Waals surface area contributed by atoms with E-state index in [4.69, 9.17) is 5.26 Å². The number of rotatable bonds is 3. The maximum Gasteiger partial charge on any atom is 0.266 e. The van der Waals surface area contributed by atoms with E-state index in [9.17, 15) is 4.79 Å². The van der Waals surface area contributed by atoms with E-state index in [2.05, 4.69) is 43.8 Å². The summed E-state index contributed by atoms with van der Waals surface area (Å²) in [5, 5.41) is 11.9. The third kappa shape index (κ3) is 4.69. The molecular formula is C16H10BrIN2O. The molecule has 0 radical (unpaired) electrons. The van der Waals surface area contributed by atoms with Gasteiger partial charge < -0.3 is 5.32 Å². The van der Waals surface area contributed by atoms with E-state index in [-0.39, 0.29) is 5.57 Å².